The third-order valence-corrected chi connectivity index (χ3v) is 6.71. The summed E-state index contributed by atoms with van der Waals surface area (Å²) in [4.78, 5) is 22.8. The number of hydrogen-bond donors (Lipinski definition) is 1. The summed E-state index contributed by atoms with van der Waals surface area (Å²) in [6.07, 6.45) is 2.71. The molecule has 0 radical (unpaired) electrons. The topological polar surface area (TPSA) is 110 Å². The Labute approximate surface area is 167 Å². The smallest absolute Gasteiger partial charge is 0.270 e. The SMILES string of the molecule is O=C(Nc1ccc(S(=O)(=O)N2CCCCC2)cc1)c1cc([N+](=O)[O-])ccc1Cl. The molecule has 1 N–H and O–H groups in total. The minimum Gasteiger partial charge on any atom is -0.322 e. The van der Waals surface area contributed by atoms with Gasteiger partial charge in [-0.15, -0.1) is 0 Å². The molecule has 3 rings (SSSR count). The highest BCUT2D eigenvalue weighted by molar-refractivity contribution is 7.89. The molecule has 1 heterocycles. The van der Waals surface area contributed by atoms with Crippen molar-refractivity contribution in [2.45, 2.75) is 24.2 Å². The molecule has 1 amide bonds. The molecule has 0 atom stereocenters. The summed E-state index contributed by atoms with van der Waals surface area (Å²) in [6, 6.07) is 9.37. The summed E-state index contributed by atoms with van der Waals surface area (Å²) < 4.78 is 26.8. The van der Waals surface area contributed by atoms with Gasteiger partial charge in [-0.1, -0.05) is 18.0 Å². The second-order valence-electron chi connectivity index (χ2n) is 6.36. The Morgan fingerprint density at radius 3 is 2.32 bits per heavy atom. The average molecular weight is 424 g/mol. The number of piperidine rings is 1. The van der Waals surface area contributed by atoms with Crippen LogP contribution in [0.15, 0.2) is 47.4 Å². The van der Waals surface area contributed by atoms with Gasteiger partial charge in [0.2, 0.25) is 10.0 Å². The lowest BCUT2D eigenvalue weighted by atomic mass is 10.2. The molecule has 2 aromatic rings. The molecule has 0 spiro atoms. The maximum atomic E-state index is 12.6. The predicted octanol–water partition coefficient (Wildman–Crippen LogP) is 3.68. The molecule has 0 aromatic heterocycles. The van der Waals surface area contributed by atoms with Gasteiger partial charge in [0.15, 0.2) is 0 Å². The van der Waals surface area contributed by atoms with E-state index >= 15 is 0 Å². The number of hydrogen-bond acceptors (Lipinski definition) is 5. The number of rotatable bonds is 5. The van der Waals surface area contributed by atoms with E-state index in [2.05, 4.69) is 5.32 Å². The number of non-ortho nitro benzene ring substituents is 1. The Hall–Kier alpha value is -2.49. The lowest BCUT2D eigenvalue weighted by Crippen LogP contribution is -2.35. The van der Waals surface area contributed by atoms with Gasteiger partial charge in [0, 0.05) is 30.9 Å². The van der Waals surface area contributed by atoms with Crippen molar-refractivity contribution in [2.75, 3.05) is 18.4 Å². The van der Waals surface area contributed by atoms with E-state index in [-0.39, 0.29) is 21.2 Å². The first-order valence-electron chi connectivity index (χ1n) is 8.64. The first-order chi connectivity index (χ1) is 13.3. The van der Waals surface area contributed by atoms with Crippen molar-refractivity contribution < 1.29 is 18.1 Å². The minimum absolute atomic E-state index is 0.0409. The number of halogens is 1. The zero-order valence-electron chi connectivity index (χ0n) is 14.8. The highest BCUT2D eigenvalue weighted by Crippen LogP contribution is 2.25. The lowest BCUT2D eigenvalue weighted by molar-refractivity contribution is -0.384. The van der Waals surface area contributed by atoms with Crippen LogP contribution in [0.5, 0.6) is 0 Å². The van der Waals surface area contributed by atoms with Crippen molar-refractivity contribution in [2.24, 2.45) is 0 Å². The molecule has 2 aromatic carbocycles. The number of sulfonamides is 1. The average Bonchev–Trinajstić information content (AvgIpc) is 2.69. The number of carbonyl (C=O) groups excluding carboxylic acids is 1. The van der Waals surface area contributed by atoms with E-state index in [1.807, 2.05) is 0 Å². The summed E-state index contributed by atoms with van der Waals surface area (Å²) in [7, 11) is -3.56. The highest BCUT2D eigenvalue weighted by atomic mass is 35.5. The molecule has 0 bridgehead atoms. The van der Waals surface area contributed by atoms with Crippen LogP contribution in [0.1, 0.15) is 29.6 Å². The maximum absolute atomic E-state index is 12.6. The molecule has 0 saturated carbocycles. The van der Waals surface area contributed by atoms with Crippen molar-refractivity contribution in [3.8, 4) is 0 Å². The zero-order chi connectivity index (χ0) is 20.3. The van der Waals surface area contributed by atoms with E-state index in [9.17, 15) is 23.3 Å². The van der Waals surface area contributed by atoms with Crippen LogP contribution in [0.25, 0.3) is 0 Å². The first kappa shape index (κ1) is 20.2. The molecule has 1 saturated heterocycles. The molecule has 1 fully saturated rings. The van der Waals surface area contributed by atoms with Crippen molar-refractivity contribution in [1.82, 2.24) is 4.31 Å². The molecular formula is C18H18ClN3O5S. The molecule has 28 heavy (non-hydrogen) atoms. The molecule has 148 valence electrons. The van der Waals surface area contributed by atoms with Gasteiger partial charge in [-0.25, -0.2) is 8.42 Å². The number of nitrogens with zero attached hydrogens (tertiary/aromatic N) is 2. The summed E-state index contributed by atoms with van der Waals surface area (Å²) >= 11 is 5.96. The number of carbonyl (C=O) groups is 1. The Bertz CT molecular complexity index is 1000. The Morgan fingerprint density at radius 2 is 1.71 bits per heavy atom. The molecule has 1 aliphatic heterocycles. The third-order valence-electron chi connectivity index (χ3n) is 4.47. The zero-order valence-corrected chi connectivity index (χ0v) is 16.4. The molecule has 1 aliphatic rings. The molecule has 0 aliphatic carbocycles. The van der Waals surface area contributed by atoms with Crippen LogP contribution in [0.2, 0.25) is 5.02 Å². The highest BCUT2D eigenvalue weighted by Gasteiger charge is 2.25. The van der Waals surface area contributed by atoms with Gasteiger partial charge in [0.25, 0.3) is 11.6 Å². The van der Waals surface area contributed by atoms with Gasteiger partial charge in [0.1, 0.15) is 0 Å². The second-order valence-corrected chi connectivity index (χ2v) is 8.71. The Morgan fingerprint density at radius 1 is 1.07 bits per heavy atom. The fraction of sp³-hybridized carbons (Fsp3) is 0.278. The quantitative estimate of drug-likeness (QED) is 0.582. The van der Waals surface area contributed by atoms with Crippen LogP contribution >= 0.6 is 11.6 Å². The third kappa shape index (κ3) is 4.32. The molecule has 0 unspecified atom stereocenters. The van der Waals surface area contributed by atoms with E-state index in [1.165, 1.54) is 40.7 Å². The minimum atomic E-state index is -3.56. The van der Waals surface area contributed by atoms with E-state index in [1.54, 1.807) is 0 Å². The van der Waals surface area contributed by atoms with E-state index in [0.29, 0.717) is 18.8 Å². The maximum Gasteiger partial charge on any atom is 0.270 e. The van der Waals surface area contributed by atoms with Gasteiger partial charge in [0.05, 0.1) is 20.4 Å². The van der Waals surface area contributed by atoms with Crippen LogP contribution in [-0.2, 0) is 10.0 Å². The van der Waals surface area contributed by atoms with Gasteiger partial charge in [-0.05, 0) is 43.2 Å². The largest absolute Gasteiger partial charge is 0.322 e. The van der Waals surface area contributed by atoms with E-state index in [4.69, 9.17) is 11.6 Å². The van der Waals surface area contributed by atoms with Gasteiger partial charge in [-0.3, -0.25) is 14.9 Å². The monoisotopic (exact) mass is 423 g/mol. The van der Waals surface area contributed by atoms with Crippen LogP contribution < -0.4 is 5.32 Å². The lowest BCUT2D eigenvalue weighted by Gasteiger charge is -2.25. The standard InChI is InChI=1S/C18H18ClN3O5S/c19-17-9-6-14(22(24)25)12-16(17)18(23)20-13-4-7-15(8-5-13)28(26,27)21-10-2-1-3-11-21/h4-9,12H,1-3,10-11H2,(H,20,23). The van der Waals surface area contributed by atoms with Crippen LogP contribution in [0.4, 0.5) is 11.4 Å². The summed E-state index contributed by atoms with van der Waals surface area (Å²) in [5.74, 6) is -0.625. The number of amides is 1. The summed E-state index contributed by atoms with van der Waals surface area (Å²) in [6.45, 7) is 1.01. The number of anilines is 1. The van der Waals surface area contributed by atoms with Crippen LogP contribution in [0, 0.1) is 10.1 Å². The van der Waals surface area contributed by atoms with Gasteiger partial charge in [-0.2, -0.15) is 4.31 Å². The Kier molecular flexibility index (Phi) is 5.97. The van der Waals surface area contributed by atoms with Crippen molar-refractivity contribution in [1.29, 1.82) is 0 Å². The summed E-state index contributed by atoms with van der Waals surface area (Å²) in [5.41, 5.74) is 0.0589. The normalized spacial score (nSPS) is 15.2. The van der Waals surface area contributed by atoms with Crippen LogP contribution in [-0.4, -0.2) is 36.6 Å². The number of nitro benzene ring substituents is 1. The van der Waals surface area contributed by atoms with Crippen molar-refractivity contribution >= 4 is 38.9 Å². The Balaban J connectivity index is 1.76. The molecule has 10 heteroatoms. The van der Waals surface area contributed by atoms with E-state index < -0.39 is 20.9 Å². The van der Waals surface area contributed by atoms with E-state index in [0.717, 1.165) is 25.3 Å². The summed E-state index contributed by atoms with van der Waals surface area (Å²) in [5, 5.41) is 13.5. The molecular weight excluding hydrogens is 406 g/mol. The van der Waals surface area contributed by atoms with Crippen LogP contribution in [0.3, 0.4) is 0 Å². The fourth-order valence-electron chi connectivity index (χ4n) is 2.96. The predicted molar refractivity (Wildman–Crippen MR) is 105 cm³/mol. The van der Waals surface area contributed by atoms with Gasteiger partial charge >= 0.3 is 0 Å². The van der Waals surface area contributed by atoms with Crippen molar-refractivity contribution in [3.05, 3.63) is 63.2 Å². The first-order valence-corrected chi connectivity index (χ1v) is 10.5. The second kappa shape index (κ2) is 8.26. The van der Waals surface area contributed by atoms with Crippen molar-refractivity contribution in [3.63, 3.8) is 0 Å². The number of nitro groups is 1. The number of nitrogens with one attached hydrogen (secondary N) is 1. The molecule has 8 nitrogen and oxygen atoms in total. The number of benzene rings is 2. The fourth-order valence-corrected chi connectivity index (χ4v) is 4.68. The van der Waals surface area contributed by atoms with Gasteiger partial charge < -0.3 is 5.32 Å².